The third-order valence-electron chi connectivity index (χ3n) is 2.49. The zero-order valence-electron chi connectivity index (χ0n) is 10.9. The van der Waals surface area contributed by atoms with Gasteiger partial charge >= 0.3 is 0 Å². The highest BCUT2D eigenvalue weighted by atomic mass is 35.5. The molecule has 21 heavy (non-hydrogen) atoms. The maximum Gasteiger partial charge on any atom is 0.271 e. The monoisotopic (exact) mass is 343 g/mol. The van der Waals surface area contributed by atoms with Crippen LogP contribution in [0.3, 0.4) is 0 Å². The zero-order valence-corrected chi connectivity index (χ0v) is 13.2. The fourth-order valence-electron chi connectivity index (χ4n) is 1.63. The Balaban J connectivity index is 2.13. The van der Waals surface area contributed by atoms with E-state index in [1.165, 1.54) is 4.68 Å². The highest BCUT2D eigenvalue weighted by Gasteiger charge is 2.14. The van der Waals surface area contributed by atoms with E-state index in [1.54, 1.807) is 31.4 Å². The summed E-state index contributed by atoms with van der Waals surface area (Å²) in [5.74, 6) is -0.648. The summed E-state index contributed by atoms with van der Waals surface area (Å²) in [5, 5.41) is 10.9. The van der Waals surface area contributed by atoms with Crippen molar-refractivity contribution in [3.63, 3.8) is 0 Å². The Hall–Kier alpha value is -1.83. The van der Waals surface area contributed by atoms with E-state index in [4.69, 9.17) is 41.2 Å². The second-order valence-electron chi connectivity index (χ2n) is 4.13. The van der Waals surface area contributed by atoms with Crippen LogP contribution in [0.1, 0.15) is 10.5 Å². The molecule has 0 spiro atoms. The molecule has 9 heteroatoms. The van der Waals surface area contributed by atoms with Crippen molar-refractivity contribution in [3.8, 4) is 0 Å². The number of thiocarbonyl (C=S) groups is 1. The number of anilines is 2. The van der Waals surface area contributed by atoms with Gasteiger partial charge in [-0.05, 0) is 30.4 Å². The maximum absolute atomic E-state index is 11.3. The summed E-state index contributed by atoms with van der Waals surface area (Å²) in [7, 11) is 1.67. The van der Waals surface area contributed by atoms with E-state index < -0.39 is 5.91 Å². The van der Waals surface area contributed by atoms with Crippen LogP contribution in [0, 0.1) is 0 Å². The van der Waals surface area contributed by atoms with Gasteiger partial charge in [-0.3, -0.25) is 9.48 Å². The molecule has 0 saturated heterocycles. The van der Waals surface area contributed by atoms with Gasteiger partial charge in [-0.15, -0.1) is 0 Å². The first-order valence-electron chi connectivity index (χ1n) is 5.73. The number of aromatic nitrogens is 2. The SMILES string of the molecule is Cn1cc(NC(=S)Nc2ccc(Cl)cc2Cl)c(C(N)=O)n1. The first-order chi connectivity index (χ1) is 9.86. The third kappa shape index (κ3) is 3.84. The van der Waals surface area contributed by atoms with Crippen molar-refractivity contribution in [1.29, 1.82) is 0 Å². The van der Waals surface area contributed by atoms with Gasteiger partial charge in [-0.2, -0.15) is 5.10 Å². The number of amides is 1. The van der Waals surface area contributed by atoms with Crippen LogP contribution in [0.25, 0.3) is 0 Å². The Morgan fingerprint density at radius 3 is 2.62 bits per heavy atom. The Morgan fingerprint density at radius 1 is 1.33 bits per heavy atom. The van der Waals surface area contributed by atoms with Crippen LogP contribution in [-0.2, 0) is 7.05 Å². The van der Waals surface area contributed by atoms with Crippen molar-refractivity contribution in [2.75, 3.05) is 10.6 Å². The molecule has 110 valence electrons. The fraction of sp³-hybridized carbons (Fsp3) is 0.0833. The molecule has 0 aliphatic rings. The normalized spacial score (nSPS) is 10.2. The minimum absolute atomic E-state index is 0.101. The number of hydrogen-bond donors (Lipinski definition) is 3. The van der Waals surface area contributed by atoms with Crippen LogP contribution in [0.15, 0.2) is 24.4 Å². The number of nitrogens with two attached hydrogens (primary N) is 1. The fourth-order valence-corrected chi connectivity index (χ4v) is 2.30. The van der Waals surface area contributed by atoms with E-state index in [1.807, 2.05) is 0 Å². The molecule has 0 bridgehead atoms. The van der Waals surface area contributed by atoms with Gasteiger partial charge in [0.1, 0.15) is 0 Å². The van der Waals surface area contributed by atoms with Crippen molar-refractivity contribution >= 4 is 57.8 Å². The minimum atomic E-state index is -0.648. The number of nitrogens with one attached hydrogen (secondary N) is 2. The lowest BCUT2D eigenvalue weighted by atomic mass is 10.3. The first kappa shape index (κ1) is 15.6. The summed E-state index contributed by atoms with van der Waals surface area (Å²) in [4.78, 5) is 11.3. The molecular formula is C12H11Cl2N5OS. The quantitative estimate of drug-likeness (QED) is 0.746. The highest BCUT2D eigenvalue weighted by Crippen LogP contribution is 2.25. The number of carbonyl (C=O) groups excluding carboxylic acids is 1. The Kier molecular flexibility index (Phi) is 4.66. The van der Waals surface area contributed by atoms with E-state index >= 15 is 0 Å². The summed E-state index contributed by atoms with van der Waals surface area (Å²) in [6.45, 7) is 0. The van der Waals surface area contributed by atoms with Crippen LogP contribution in [0.4, 0.5) is 11.4 Å². The number of halogens is 2. The molecule has 6 nitrogen and oxygen atoms in total. The molecular weight excluding hydrogens is 333 g/mol. The van der Waals surface area contributed by atoms with Crippen molar-refractivity contribution in [3.05, 3.63) is 40.1 Å². The van der Waals surface area contributed by atoms with Gasteiger partial charge in [0.2, 0.25) is 0 Å². The molecule has 0 fully saturated rings. The molecule has 0 aliphatic heterocycles. The van der Waals surface area contributed by atoms with Crippen molar-refractivity contribution in [2.24, 2.45) is 12.8 Å². The average Bonchev–Trinajstić information content (AvgIpc) is 2.74. The second kappa shape index (κ2) is 6.30. The number of primary amides is 1. The van der Waals surface area contributed by atoms with Gasteiger partial charge in [0.25, 0.3) is 5.91 Å². The van der Waals surface area contributed by atoms with Crippen LogP contribution in [0.5, 0.6) is 0 Å². The van der Waals surface area contributed by atoms with E-state index in [9.17, 15) is 4.79 Å². The highest BCUT2D eigenvalue weighted by molar-refractivity contribution is 7.80. The molecule has 0 atom stereocenters. The maximum atomic E-state index is 11.3. The predicted molar refractivity (Wildman–Crippen MR) is 88.0 cm³/mol. The van der Waals surface area contributed by atoms with Gasteiger partial charge in [0.05, 0.1) is 16.4 Å². The van der Waals surface area contributed by atoms with Gasteiger partial charge < -0.3 is 16.4 Å². The molecule has 0 unspecified atom stereocenters. The number of nitrogens with zero attached hydrogens (tertiary/aromatic N) is 2. The van der Waals surface area contributed by atoms with Gasteiger partial charge in [0.15, 0.2) is 10.8 Å². The Morgan fingerprint density at radius 2 is 2.00 bits per heavy atom. The first-order valence-corrected chi connectivity index (χ1v) is 6.89. The number of carbonyl (C=O) groups is 1. The molecule has 0 aliphatic carbocycles. The van der Waals surface area contributed by atoms with Crippen molar-refractivity contribution < 1.29 is 4.79 Å². The summed E-state index contributed by atoms with van der Waals surface area (Å²) < 4.78 is 1.46. The smallest absolute Gasteiger partial charge is 0.271 e. The third-order valence-corrected chi connectivity index (χ3v) is 3.24. The van der Waals surface area contributed by atoms with Gasteiger partial charge in [-0.1, -0.05) is 23.2 Å². The van der Waals surface area contributed by atoms with Crippen LogP contribution >= 0.6 is 35.4 Å². The summed E-state index contributed by atoms with van der Waals surface area (Å²) in [6, 6.07) is 4.96. The largest absolute Gasteiger partial charge is 0.364 e. The summed E-state index contributed by atoms with van der Waals surface area (Å²) >= 11 is 17.0. The molecule has 0 saturated carbocycles. The topological polar surface area (TPSA) is 85.0 Å². The standard InChI is InChI=1S/C12H11Cl2N5OS/c1-19-5-9(10(18-19)11(15)20)17-12(21)16-8-3-2-6(13)4-7(8)14/h2-5H,1H3,(H2,15,20)(H2,16,17,21). The lowest BCUT2D eigenvalue weighted by Crippen LogP contribution is -2.22. The molecule has 1 aromatic heterocycles. The average molecular weight is 344 g/mol. The van der Waals surface area contributed by atoms with Gasteiger partial charge in [-0.25, -0.2) is 0 Å². The van der Waals surface area contributed by atoms with E-state index in [-0.39, 0.29) is 10.8 Å². The van der Waals surface area contributed by atoms with Crippen molar-refractivity contribution in [1.82, 2.24) is 9.78 Å². The number of benzene rings is 1. The van der Waals surface area contributed by atoms with E-state index in [0.29, 0.717) is 21.4 Å². The Bertz CT molecular complexity index is 716. The molecule has 2 rings (SSSR count). The summed E-state index contributed by atoms with van der Waals surface area (Å²) in [5.41, 5.74) is 6.34. The van der Waals surface area contributed by atoms with Gasteiger partial charge in [0, 0.05) is 18.3 Å². The van der Waals surface area contributed by atoms with Crippen LogP contribution < -0.4 is 16.4 Å². The molecule has 4 N–H and O–H groups in total. The minimum Gasteiger partial charge on any atom is -0.364 e. The van der Waals surface area contributed by atoms with E-state index in [0.717, 1.165) is 0 Å². The Labute approximate surface area is 136 Å². The molecule has 2 aromatic rings. The number of hydrogen-bond acceptors (Lipinski definition) is 3. The predicted octanol–water partition coefficient (Wildman–Crippen LogP) is 2.63. The molecule has 1 aromatic carbocycles. The van der Waals surface area contributed by atoms with Crippen molar-refractivity contribution in [2.45, 2.75) is 0 Å². The lowest BCUT2D eigenvalue weighted by molar-refractivity contribution is 0.0995. The van der Waals surface area contributed by atoms with E-state index in [2.05, 4.69) is 15.7 Å². The molecule has 0 radical (unpaired) electrons. The zero-order chi connectivity index (χ0) is 15.6. The number of rotatable bonds is 3. The van der Waals surface area contributed by atoms with Crippen LogP contribution in [-0.4, -0.2) is 20.8 Å². The van der Waals surface area contributed by atoms with Crippen LogP contribution in [0.2, 0.25) is 10.0 Å². The lowest BCUT2D eigenvalue weighted by Gasteiger charge is -2.11. The molecule has 1 amide bonds. The molecule has 1 heterocycles. The second-order valence-corrected chi connectivity index (χ2v) is 5.38. The number of aryl methyl sites for hydroxylation is 1. The summed E-state index contributed by atoms with van der Waals surface area (Å²) in [6.07, 6.45) is 1.59.